The minimum absolute atomic E-state index is 0.00252. The molecule has 0 spiro atoms. The molecule has 0 bridgehead atoms. The molecule has 0 saturated carbocycles. The molecule has 0 heterocycles. The molecule has 92 valence electrons. The van der Waals surface area contributed by atoms with Crippen molar-refractivity contribution in [2.45, 2.75) is 6.92 Å². The van der Waals surface area contributed by atoms with Crippen molar-refractivity contribution in [1.29, 1.82) is 0 Å². The molecule has 0 heteroatoms. The van der Waals surface area contributed by atoms with E-state index in [1.165, 1.54) is 6.07 Å². The SMILES string of the molecule is [2H]c1c([2H])c([2H])c(-c2ccc(C)c(-c3c([2H])c([2H])c([2H])c([2H])c3[2H])c2)c([2H])c1[2H]. The molecule has 3 aromatic rings. The van der Waals surface area contributed by atoms with Gasteiger partial charge in [-0.05, 0) is 40.8 Å². The number of aryl methyl sites for hydroxylation is 1. The largest absolute Gasteiger partial charge is 0.0629 e. The molecule has 19 heavy (non-hydrogen) atoms. The van der Waals surface area contributed by atoms with E-state index < -0.39 is 36.3 Å². The van der Waals surface area contributed by atoms with Crippen LogP contribution in [0.3, 0.4) is 0 Å². The normalized spacial score (nSPS) is 17.7. The van der Waals surface area contributed by atoms with Gasteiger partial charge in [-0.3, -0.25) is 0 Å². The standard InChI is InChI=1S/C19H16/c1-15-12-13-18(16-8-4-2-5-9-16)14-19(15)17-10-6-3-7-11-17/h2-14H,1H3/i2D,3D,4D,5D,6D,7D,8D,9D,10D,11D. The van der Waals surface area contributed by atoms with Crippen molar-refractivity contribution in [2.75, 3.05) is 0 Å². The maximum atomic E-state index is 8.19. The summed E-state index contributed by atoms with van der Waals surface area (Å²) in [4.78, 5) is 0. The van der Waals surface area contributed by atoms with Crippen LogP contribution in [0.5, 0.6) is 0 Å². The summed E-state index contributed by atoms with van der Waals surface area (Å²) in [5.74, 6) is 0. The highest BCUT2D eigenvalue weighted by molar-refractivity contribution is 5.75. The van der Waals surface area contributed by atoms with Crippen molar-refractivity contribution in [2.24, 2.45) is 0 Å². The van der Waals surface area contributed by atoms with Gasteiger partial charge in [-0.15, -0.1) is 0 Å². The second kappa shape index (κ2) is 5.11. The maximum Gasteiger partial charge on any atom is 0.0629 e. The molecule has 0 nitrogen and oxygen atoms in total. The van der Waals surface area contributed by atoms with Gasteiger partial charge in [0.05, 0.1) is 13.7 Å². The van der Waals surface area contributed by atoms with E-state index in [1.807, 2.05) is 0 Å². The van der Waals surface area contributed by atoms with Gasteiger partial charge in [0.1, 0.15) is 0 Å². The summed E-state index contributed by atoms with van der Waals surface area (Å²) in [6, 6.07) is 0.392. The van der Waals surface area contributed by atoms with Gasteiger partial charge in [0.25, 0.3) is 0 Å². The fourth-order valence-corrected chi connectivity index (χ4v) is 1.83. The number of benzene rings is 3. The molecule has 0 aliphatic carbocycles. The lowest BCUT2D eigenvalue weighted by molar-refractivity contribution is 1.45. The second-order valence-corrected chi connectivity index (χ2v) is 4.03. The molecule has 0 N–H and O–H groups in total. The van der Waals surface area contributed by atoms with Crippen LogP contribution in [0.15, 0.2) is 78.6 Å². The van der Waals surface area contributed by atoms with E-state index >= 15 is 0 Å². The fourth-order valence-electron chi connectivity index (χ4n) is 1.83. The van der Waals surface area contributed by atoms with Crippen LogP contribution in [0, 0.1) is 6.92 Å². The van der Waals surface area contributed by atoms with Crippen LogP contribution in [0.4, 0.5) is 0 Å². The van der Waals surface area contributed by atoms with Gasteiger partial charge in [-0.25, -0.2) is 0 Å². The van der Waals surface area contributed by atoms with Crippen LogP contribution in [0.2, 0.25) is 0 Å². The zero-order chi connectivity index (χ0) is 21.8. The average Bonchev–Trinajstić information content (AvgIpc) is 2.70. The molecule has 0 aliphatic rings. The van der Waals surface area contributed by atoms with E-state index in [0.29, 0.717) is 16.7 Å². The van der Waals surface area contributed by atoms with Gasteiger partial charge >= 0.3 is 0 Å². The van der Waals surface area contributed by atoms with Crippen molar-refractivity contribution in [3.8, 4) is 22.3 Å². The Morgan fingerprint density at radius 1 is 0.684 bits per heavy atom. The highest BCUT2D eigenvalue weighted by Gasteiger charge is 2.04. The van der Waals surface area contributed by atoms with Crippen LogP contribution in [0.1, 0.15) is 19.3 Å². The third-order valence-electron chi connectivity index (χ3n) is 2.80. The summed E-state index contributed by atoms with van der Waals surface area (Å²) in [5, 5.41) is 0. The monoisotopic (exact) mass is 254 g/mol. The molecule has 0 atom stereocenters. The Morgan fingerprint density at radius 2 is 1.26 bits per heavy atom. The van der Waals surface area contributed by atoms with Gasteiger partial charge in [0.2, 0.25) is 0 Å². The van der Waals surface area contributed by atoms with Gasteiger partial charge in [0.15, 0.2) is 0 Å². The van der Waals surface area contributed by atoms with E-state index in [1.54, 1.807) is 19.1 Å². The predicted molar refractivity (Wildman–Crippen MR) is 82.1 cm³/mol. The van der Waals surface area contributed by atoms with Crippen molar-refractivity contribution >= 4 is 0 Å². The lowest BCUT2D eigenvalue weighted by Crippen LogP contribution is -1.85. The molecule has 0 fully saturated rings. The molecule has 0 radical (unpaired) electrons. The zero-order valence-corrected chi connectivity index (χ0v) is 10.2. The zero-order valence-electron chi connectivity index (χ0n) is 20.2. The predicted octanol–water partition coefficient (Wildman–Crippen LogP) is 5.33. The molecule has 0 aliphatic heterocycles. The Kier molecular flexibility index (Phi) is 1.34. The van der Waals surface area contributed by atoms with E-state index in [2.05, 4.69) is 0 Å². The summed E-state index contributed by atoms with van der Waals surface area (Å²) in [7, 11) is 0. The molecule has 0 unspecified atom stereocenters. The first-order valence-electron chi connectivity index (χ1n) is 10.7. The molecule has 0 saturated heterocycles. The second-order valence-electron chi connectivity index (χ2n) is 4.03. The summed E-state index contributed by atoms with van der Waals surface area (Å²) >= 11 is 0. The molecule has 0 aromatic heterocycles. The van der Waals surface area contributed by atoms with E-state index in [9.17, 15) is 0 Å². The average molecular weight is 254 g/mol. The van der Waals surface area contributed by atoms with Crippen molar-refractivity contribution in [1.82, 2.24) is 0 Å². The van der Waals surface area contributed by atoms with Crippen LogP contribution in [0.25, 0.3) is 22.3 Å². The van der Waals surface area contributed by atoms with Crippen LogP contribution >= 0.6 is 0 Å². The van der Waals surface area contributed by atoms with Crippen LogP contribution in [-0.2, 0) is 0 Å². The summed E-state index contributed by atoms with van der Waals surface area (Å²) in [6.45, 7) is 1.71. The van der Waals surface area contributed by atoms with E-state index in [4.69, 9.17) is 13.7 Å². The third kappa shape index (κ3) is 2.43. The number of rotatable bonds is 2. The van der Waals surface area contributed by atoms with Crippen LogP contribution < -0.4 is 0 Å². The van der Waals surface area contributed by atoms with Gasteiger partial charge in [0, 0.05) is 0 Å². The topological polar surface area (TPSA) is 0 Å². The maximum absolute atomic E-state index is 8.19. The Morgan fingerprint density at radius 3 is 1.89 bits per heavy atom. The van der Waals surface area contributed by atoms with E-state index in [0.717, 1.165) is 0 Å². The Labute approximate surface area is 128 Å². The van der Waals surface area contributed by atoms with E-state index in [-0.39, 0.29) is 35.3 Å². The Balaban J connectivity index is 2.37. The fraction of sp³-hybridized carbons (Fsp3) is 0.0526. The highest BCUT2D eigenvalue weighted by Crippen LogP contribution is 2.29. The van der Waals surface area contributed by atoms with Crippen molar-refractivity contribution in [3.63, 3.8) is 0 Å². The van der Waals surface area contributed by atoms with Crippen molar-refractivity contribution in [3.05, 3.63) is 84.2 Å². The minimum atomic E-state index is -0.498. The summed E-state index contributed by atoms with van der Waals surface area (Å²) in [5.41, 5.74) is 1.26. The first kappa shape index (κ1) is 4.97. The first-order valence-corrected chi connectivity index (χ1v) is 5.74. The Bertz CT molecular complexity index is 1110. The third-order valence-corrected chi connectivity index (χ3v) is 2.80. The smallest absolute Gasteiger partial charge is 0.0622 e. The Hall–Kier alpha value is -2.34. The molecule has 0 amide bonds. The van der Waals surface area contributed by atoms with Crippen molar-refractivity contribution < 1.29 is 13.7 Å². The molecule has 3 aromatic carbocycles. The van der Waals surface area contributed by atoms with Gasteiger partial charge in [-0.1, -0.05) is 72.6 Å². The number of hydrogen-bond acceptors (Lipinski definition) is 0. The quantitative estimate of drug-likeness (QED) is 0.580. The van der Waals surface area contributed by atoms with Gasteiger partial charge < -0.3 is 0 Å². The number of hydrogen-bond donors (Lipinski definition) is 0. The lowest BCUT2D eigenvalue weighted by Gasteiger charge is -2.09. The minimum Gasteiger partial charge on any atom is -0.0622 e. The molecular weight excluding hydrogens is 228 g/mol. The summed E-state index contributed by atoms with van der Waals surface area (Å²) < 4.78 is 79.6. The summed E-state index contributed by atoms with van der Waals surface area (Å²) in [6.07, 6.45) is 0. The lowest BCUT2D eigenvalue weighted by atomic mass is 9.95. The first-order chi connectivity index (χ1) is 13.5. The molecular formula is C19H16. The van der Waals surface area contributed by atoms with Crippen LogP contribution in [-0.4, -0.2) is 0 Å². The van der Waals surface area contributed by atoms with Gasteiger partial charge in [-0.2, -0.15) is 0 Å². The molecule has 3 rings (SSSR count). The highest BCUT2D eigenvalue weighted by atomic mass is 14.1.